The zero-order valence-electron chi connectivity index (χ0n) is 15.8. The summed E-state index contributed by atoms with van der Waals surface area (Å²) in [5, 5.41) is 20.8. The quantitative estimate of drug-likeness (QED) is 0.461. The highest BCUT2D eigenvalue weighted by atomic mass is 35.5. The van der Waals surface area contributed by atoms with Gasteiger partial charge in [0.05, 0.1) is 24.8 Å². The van der Waals surface area contributed by atoms with E-state index in [1.807, 2.05) is 25.1 Å². The van der Waals surface area contributed by atoms with E-state index in [4.69, 9.17) is 32.7 Å². The topological polar surface area (TPSA) is 74.8 Å². The second-order valence-electron chi connectivity index (χ2n) is 6.00. The molecule has 1 heterocycles. The first-order valence-corrected chi connectivity index (χ1v) is 9.94. The van der Waals surface area contributed by atoms with Crippen molar-refractivity contribution in [2.45, 2.75) is 6.92 Å². The smallest absolute Gasteiger partial charge is 0.161 e. The molecule has 0 saturated heterocycles. The van der Waals surface area contributed by atoms with Gasteiger partial charge in [-0.1, -0.05) is 23.2 Å². The van der Waals surface area contributed by atoms with Crippen LogP contribution in [-0.2, 0) is 0 Å². The van der Waals surface area contributed by atoms with Crippen molar-refractivity contribution < 1.29 is 14.6 Å². The molecule has 1 N–H and O–H groups in total. The molecule has 1 aromatic heterocycles. The number of aliphatic imine (C=N–C) groups is 1. The van der Waals surface area contributed by atoms with Crippen LogP contribution in [0.15, 0.2) is 35.3 Å². The molecule has 8 heteroatoms. The van der Waals surface area contributed by atoms with Gasteiger partial charge in [0.2, 0.25) is 0 Å². The molecule has 0 unspecified atom stereocenters. The molecule has 0 saturated carbocycles. The third-order valence-electron chi connectivity index (χ3n) is 4.26. The predicted octanol–water partition coefficient (Wildman–Crippen LogP) is 6.38. The van der Waals surface area contributed by atoms with E-state index in [9.17, 15) is 10.4 Å². The van der Waals surface area contributed by atoms with Crippen LogP contribution < -0.4 is 9.47 Å². The van der Waals surface area contributed by atoms with Crippen molar-refractivity contribution in [1.29, 1.82) is 5.26 Å². The SMILES string of the molecule is COc1ccc(-c2sc(/N=C/c3cc(Cl)cc(Cl)c3O)c(C#N)c2C)cc1OC. The Morgan fingerprint density at radius 1 is 1.14 bits per heavy atom. The van der Waals surface area contributed by atoms with Crippen molar-refractivity contribution in [2.75, 3.05) is 14.2 Å². The standard InChI is InChI=1S/C21H16Cl2N2O3S/c1-11-15(9-24)21(25-10-13-6-14(22)8-16(23)19(13)26)29-20(11)12-4-5-17(27-2)18(7-12)28-3/h4-8,10,26H,1-3H3/b25-10+. The third-order valence-corrected chi connectivity index (χ3v) is 6.02. The number of nitriles is 1. The lowest BCUT2D eigenvalue weighted by molar-refractivity contribution is 0.355. The number of aromatic hydroxyl groups is 1. The number of thiophene rings is 1. The number of hydrogen-bond donors (Lipinski definition) is 1. The molecule has 5 nitrogen and oxygen atoms in total. The maximum Gasteiger partial charge on any atom is 0.161 e. The van der Waals surface area contributed by atoms with E-state index in [2.05, 4.69) is 11.1 Å². The predicted molar refractivity (Wildman–Crippen MR) is 118 cm³/mol. The van der Waals surface area contributed by atoms with Crippen LogP contribution >= 0.6 is 34.5 Å². The van der Waals surface area contributed by atoms with E-state index in [1.54, 1.807) is 20.3 Å². The summed E-state index contributed by atoms with van der Waals surface area (Å²) in [5.41, 5.74) is 2.52. The molecule has 0 radical (unpaired) electrons. The molecule has 2 aromatic carbocycles. The van der Waals surface area contributed by atoms with Crippen LogP contribution in [0.4, 0.5) is 5.00 Å². The van der Waals surface area contributed by atoms with Crippen molar-refractivity contribution in [2.24, 2.45) is 4.99 Å². The summed E-state index contributed by atoms with van der Waals surface area (Å²) < 4.78 is 10.7. The number of phenols is 1. The van der Waals surface area contributed by atoms with Crippen LogP contribution in [0.3, 0.4) is 0 Å². The van der Waals surface area contributed by atoms with Gasteiger partial charge in [0.1, 0.15) is 16.8 Å². The molecule has 148 valence electrons. The second kappa shape index (κ2) is 8.75. The summed E-state index contributed by atoms with van der Waals surface area (Å²) in [4.78, 5) is 5.30. The first kappa shape index (κ1) is 21.0. The monoisotopic (exact) mass is 446 g/mol. The molecule has 0 bridgehead atoms. The molecular weight excluding hydrogens is 431 g/mol. The fourth-order valence-electron chi connectivity index (χ4n) is 2.79. The highest BCUT2D eigenvalue weighted by Gasteiger charge is 2.17. The molecule has 0 aliphatic carbocycles. The van der Waals surface area contributed by atoms with Gasteiger partial charge in [-0.15, -0.1) is 11.3 Å². The molecule has 0 aliphatic heterocycles. The normalized spacial score (nSPS) is 10.9. The minimum absolute atomic E-state index is 0.119. The van der Waals surface area contributed by atoms with Gasteiger partial charge in [0.15, 0.2) is 11.5 Å². The minimum Gasteiger partial charge on any atom is -0.506 e. The van der Waals surface area contributed by atoms with E-state index in [0.29, 0.717) is 32.6 Å². The Bertz CT molecular complexity index is 1150. The van der Waals surface area contributed by atoms with Crippen molar-refractivity contribution in [1.82, 2.24) is 0 Å². The largest absolute Gasteiger partial charge is 0.506 e. The average molecular weight is 447 g/mol. The number of halogens is 2. The molecule has 0 aliphatic rings. The summed E-state index contributed by atoms with van der Waals surface area (Å²) in [7, 11) is 3.15. The summed E-state index contributed by atoms with van der Waals surface area (Å²) in [6.45, 7) is 1.87. The molecule has 0 amide bonds. The number of phenolic OH excluding ortho intramolecular Hbond substituents is 1. The first-order chi connectivity index (χ1) is 13.9. The van der Waals surface area contributed by atoms with Gasteiger partial charge in [-0.05, 0) is 48.4 Å². The Morgan fingerprint density at radius 2 is 1.86 bits per heavy atom. The first-order valence-electron chi connectivity index (χ1n) is 8.37. The minimum atomic E-state index is -0.119. The summed E-state index contributed by atoms with van der Waals surface area (Å²) in [5.74, 6) is 1.10. The van der Waals surface area contributed by atoms with Gasteiger partial charge in [-0.2, -0.15) is 5.26 Å². The van der Waals surface area contributed by atoms with Crippen LogP contribution in [0.1, 0.15) is 16.7 Å². The van der Waals surface area contributed by atoms with E-state index < -0.39 is 0 Å². The molecule has 0 fully saturated rings. The van der Waals surface area contributed by atoms with Crippen molar-refractivity contribution in [3.05, 3.63) is 57.1 Å². The van der Waals surface area contributed by atoms with Crippen LogP contribution in [0, 0.1) is 18.3 Å². The average Bonchev–Trinajstić information content (AvgIpc) is 3.04. The van der Waals surface area contributed by atoms with Gasteiger partial charge in [-0.3, -0.25) is 0 Å². The van der Waals surface area contributed by atoms with E-state index in [1.165, 1.54) is 23.6 Å². The second-order valence-corrected chi connectivity index (χ2v) is 7.84. The van der Waals surface area contributed by atoms with Gasteiger partial charge in [-0.25, -0.2) is 4.99 Å². The molecule has 0 atom stereocenters. The number of ether oxygens (including phenoxy) is 2. The lowest BCUT2D eigenvalue weighted by Crippen LogP contribution is -1.90. The Balaban J connectivity index is 2.07. The summed E-state index contributed by atoms with van der Waals surface area (Å²) >= 11 is 13.3. The maximum atomic E-state index is 10.1. The van der Waals surface area contributed by atoms with Crippen molar-refractivity contribution >= 4 is 45.8 Å². The zero-order chi connectivity index (χ0) is 21.1. The van der Waals surface area contributed by atoms with Gasteiger partial charge >= 0.3 is 0 Å². The highest BCUT2D eigenvalue weighted by molar-refractivity contribution is 7.19. The number of rotatable bonds is 5. The molecule has 0 spiro atoms. The molecular formula is C21H16Cl2N2O3S. The van der Waals surface area contributed by atoms with Crippen molar-refractivity contribution in [3.63, 3.8) is 0 Å². The summed E-state index contributed by atoms with van der Waals surface area (Å²) in [6, 6.07) is 10.8. The molecule has 3 aromatic rings. The van der Waals surface area contributed by atoms with E-state index in [-0.39, 0.29) is 10.8 Å². The van der Waals surface area contributed by atoms with Crippen molar-refractivity contribution in [3.8, 4) is 33.8 Å². The molecule has 3 rings (SSSR count). The van der Waals surface area contributed by atoms with E-state index in [0.717, 1.165) is 16.0 Å². The Morgan fingerprint density at radius 3 is 2.52 bits per heavy atom. The number of benzene rings is 2. The van der Waals surface area contributed by atoms with Crippen LogP contribution in [-0.4, -0.2) is 25.5 Å². The Labute approximate surface area is 182 Å². The Kier molecular flexibility index (Phi) is 6.33. The lowest BCUT2D eigenvalue weighted by atomic mass is 10.1. The Hall–Kier alpha value is -2.72. The number of methoxy groups -OCH3 is 2. The van der Waals surface area contributed by atoms with Gasteiger partial charge < -0.3 is 14.6 Å². The van der Waals surface area contributed by atoms with Gasteiger partial charge in [0, 0.05) is 21.7 Å². The number of nitrogens with zero attached hydrogens (tertiary/aromatic N) is 2. The van der Waals surface area contributed by atoms with E-state index >= 15 is 0 Å². The number of hydrogen-bond acceptors (Lipinski definition) is 6. The van der Waals surface area contributed by atoms with Crippen LogP contribution in [0.25, 0.3) is 10.4 Å². The fraction of sp³-hybridized carbons (Fsp3) is 0.143. The highest BCUT2D eigenvalue weighted by Crippen LogP contribution is 2.43. The molecule has 29 heavy (non-hydrogen) atoms. The van der Waals surface area contributed by atoms with Crippen LogP contribution in [0.2, 0.25) is 10.0 Å². The maximum absolute atomic E-state index is 10.1. The van der Waals surface area contributed by atoms with Crippen LogP contribution in [0.5, 0.6) is 17.2 Å². The lowest BCUT2D eigenvalue weighted by Gasteiger charge is -2.09. The fourth-order valence-corrected chi connectivity index (χ4v) is 4.39. The zero-order valence-corrected chi connectivity index (χ0v) is 18.1. The summed E-state index contributed by atoms with van der Waals surface area (Å²) in [6.07, 6.45) is 1.44. The third kappa shape index (κ3) is 4.18. The van der Waals surface area contributed by atoms with Gasteiger partial charge in [0.25, 0.3) is 0 Å².